The van der Waals surface area contributed by atoms with Gasteiger partial charge in [-0.3, -0.25) is 0 Å². The molecular formula is C9H10N4O2. The van der Waals surface area contributed by atoms with Gasteiger partial charge in [0.2, 0.25) is 0 Å². The number of H-pyrrole nitrogens is 2. The highest BCUT2D eigenvalue weighted by atomic mass is 16.2. The standard InChI is InChI=1S/C9H10N4O2/c10-7-4-2-1-3-6(7)5-13-8(14)11-12-9(13)15/h1-4H,5,10H2,(H,11,14)(H,12,15). The average molecular weight is 206 g/mol. The van der Waals surface area contributed by atoms with Gasteiger partial charge in [-0.25, -0.2) is 24.4 Å². The lowest BCUT2D eigenvalue weighted by atomic mass is 10.2. The van der Waals surface area contributed by atoms with E-state index in [4.69, 9.17) is 5.73 Å². The van der Waals surface area contributed by atoms with Crippen LogP contribution in [0, 0.1) is 0 Å². The second-order valence-electron chi connectivity index (χ2n) is 3.15. The highest BCUT2D eigenvalue weighted by Gasteiger charge is 2.05. The first-order chi connectivity index (χ1) is 7.18. The molecule has 0 saturated carbocycles. The van der Waals surface area contributed by atoms with E-state index < -0.39 is 11.4 Å². The van der Waals surface area contributed by atoms with Crippen LogP contribution in [0.3, 0.4) is 0 Å². The number of anilines is 1. The summed E-state index contributed by atoms with van der Waals surface area (Å²) in [5.41, 5.74) is 6.06. The maximum Gasteiger partial charge on any atom is 0.344 e. The lowest BCUT2D eigenvalue weighted by molar-refractivity contribution is 0.735. The molecule has 78 valence electrons. The van der Waals surface area contributed by atoms with Crippen molar-refractivity contribution in [3.63, 3.8) is 0 Å². The van der Waals surface area contributed by atoms with Gasteiger partial charge in [-0.05, 0) is 11.6 Å². The number of hydrogen-bond acceptors (Lipinski definition) is 3. The molecule has 6 nitrogen and oxygen atoms in total. The maximum absolute atomic E-state index is 11.2. The molecule has 0 bridgehead atoms. The Morgan fingerprint density at radius 2 is 1.73 bits per heavy atom. The van der Waals surface area contributed by atoms with Gasteiger partial charge in [-0.1, -0.05) is 18.2 Å². The molecule has 2 aromatic rings. The summed E-state index contributed by atoms with van der Waals surface area (Å²) < 4.78 is 1.05. The molecule has 1 aromatic heterocycles. The van der Waals surface area contributed by atoms with Crippen LogP contribution in [-0.2, 0) is 6.54 Å². The van der Waals surface area contributed by atoms with Crippen LogP contribution in [0.2, 0.25) is 0 Å². The van der Waals surface area contributed by atoms with E-state index in [0.29, 0.717) is 5.69 Å². The van der Waals surface area contributed by atoms with Crippen molar-refractivity contribution < 1.29 is 0 Å². The summed E-state index contributed by atoms with van der Waals surface area (Å²) in [5.74, 6) is 0. The van der Waals surface area contributed by atoms with Crippen molar-refractivity contribution in [3.8, 4) is 0 Å². The van der Waals surface area contributed by atoms with Crippen molar-refractivity contribution in [2.45, 2.75) is 6.54 Å². The molecule has 1 heterocycles. The summed E-state index contributed by atoms with van der Waals surface area (Å²) in [6, 6.07) is 7.09. The third kappa shape index (κ3) is 1.69. The van der Waals surface area contributed by atoms with Crippen molar-refractivity contribution in [2.75, 3.05) is 5.73 Å². The summed E-state index contributed by atoms with van der Waals surface area (Å²) in [5, 5.41) is 4.41. The minimum absolute atomic E-state index is 0.171. The topological polar surface area (TPSA) is 96.7 Å². The Balaban J connectivity index is 2.42. The first-order valence-corrected chi connectivity index (χ1v) is 4.39. The van der Waals surface area contributed by atoms with Crippen LogP contribution in [0.25, 0.3) is 0 Å². The number of nitrogens with one attached hydrogen (secondary N) is 2. The molecule has 0 aliphatic carbocycles. The number of nitrogens with zero attached hydrogens (tertiary/aromatic N) is 1. The molecule has 0 atom stereocenters. The highest BCUT2D eigenvalue weighted by Crippen LogP contribution is 2.10. The first-order valence-electron chi connectivity index (χ1n) is 4.39. The second-order valence-corrected chi connectivity index (χ2v) is 3.15. The molecule has 0 spiro atoms. The quantitative estimate of drug-likeness (QED) is 0.577. The molecule has 1 aromatic carbocycles. The largest absolute Gasteiger partial charge is 0.398 e. The van der Waals surface area contributed by atoms with Crippen LogP contribution in [0.1, 0.15) is 5.56 Å². The SMILES string of the molecule is Nc1ccccc1Cn1c(=O)[nH][nH]c1=O. The van der Waals surface area contributed by atoms with Crippen LogP contribution in [0.4, 0.5) is 5.69 Å². The van der Waals surface area contributed by atoms with E-state index >= 15 is 0 Å². The van der Waals surface area contributed by atoms with Gasteiger partial charge in [0.15, 0.2) is 0 Å². The summed E-state index contributed by atoms with van der Waals surface area (Å²) in [4.78, 5) is 22.4. The predicted molar refractivity (Wildman–Crippen MR) is 55.6 cm³/mol. The summed E-state index contributed by atoms with van der Waals surface area (Å²) >= 11 is 0. The van der Waals surface area contributed by atoms with Crippen LogP contribution in [0.15, 0.2) is 33.9 Å². The normalized spacial score (nSPS) is 10.4. The zero-order chi connectivity index (χ0) is 10.8. The predicted octanol–water partition coefficient (Wildman–Crippen LogP) is -0.505. The molecule has 0 radical (unpaired) electrons. The van der Waals surface area contributed by atoms with E-state index in [1.165, 1.54) is 0 Å². The Morgan fingerprint density at radius 1 is 1.13 bits per heavy atom. The third-order valence-corrected chi connectivity index (χ3v) is 2.15. The van der Waals surface area contributed by atoms with Gasteiger partial charge >= 0.3 is 11.4 Å². The van der Waals surface area contributed by atoms with E-state index in [9.17, 15) is 9.59 Å². The Bertz CT molecular complexity index is 551. The summed E-state index contributed by atoms with van der Waals surface area (Å²) in [6.45, 7) is 0.171. The lowest BCUT2D eigenvalue weighted by Gasteiger charge is -2.03. The number of rotatable bonds is 2. The minimum Gasteiger partial charge on any atom is -0.398 e. The number of benzene rings is 1. The molecule has 0 saturated heterocycles. The van der Waals surface area contributed by atoms with Gasteiger partial charge in [0.25, 0.3) is 0 Å². The number of aromatic amines is 2. The minimum atomic E-state index is -0.469. The van der Waals surface area contributed by atoms with Crippen LogP contribution in [-0.4, -0.2) is 14.8 Å². The number of hydrogen-bond donors (Lipinski definition) is 3. The number of aromatic nitrogens is 3. The van der Waals surface area contributed by atoms with E-state index in [1.54, 1.807) is 24.3 Å². The van der Waals surface area contributed by atoms with Gasteiger partial charge in [0.05, 0.1) is 6.54 Å². The molecule has 2 rings (SSSR count). The zero-order valence-electron chi connectivity index (χ0n) is 7.86. The van der Waals surface area contributed by atoms with Crippen molar-refractivity contribution in [3.05, 3.63) is 50.8 Å². The zero-order valence-corrected chi connectivity index (χ0v) is 7.86. The Hall–Kier alpha value is -2.24. The van der Waals surface area contributed by atoms with Gasteiger partial charge in [-0.2, -0.15) is 0 Å². The van der Waals surface area contributed by atoms with E-state index in [-0.39, 0.29) is 6.54 Å². The number of nitrogens with two attached hydrogens (primary N) is 1. The van der Waals surface area contributed by atoms with Crippen molar-refractivity contribution in [1.29, 1.82) is 0 Å². The molecule has 0 unspecified atom stereocenters. The Labute approximate surface area is 84.3 Å². The second kappa shape index (κ2) is 3.49. The monoisotopic (exact) mass is 206 g/mol. The number of para-hydroxylation sites is 1. The lowest BCUT2D eigenvalue weighted by Crippen LogP contribution is -2.27. The molecule has 4 N–H and O–H groups in total. The number of nitrogen functional groups attached to an aromatic ring is 1. The third-order valence-electron chi connectivity index (χ3n) is 2.15. The molecule has 0 amide bonds. The fourth-order valence-corrected chi connectivity index (χ4v) is 1.33. The molecule has 15 heavy (non-hydrogen) atoms. The maximum atomic E-state index is 11.2. The molecule has 0 fully saturated rings. The smallest absolute Gasteiger partial charge is 0.344 e. The average Bonchev–Trinajstić information content (AvgIpc) is 2.53. The Morgan fingerprint density at radius 3 is 2.33 bits per heavy atom. The molecule has 0 aliphatic heterocycles. The van der Waals surface area contributed by atoms with Crippen molar-refractivity contribution in [1.82, 2.24) is 14.8 Å². The van der Waals surface area contributed by atoms with Crippen molar-refractivity contribution >= 4 is 5.69 Å². The van der Waals surface area contributed by atoms with E-state index in [1.807, 2.05) is 0 Å². The first kappa shape index (κ1) is 9.32. The molecule has 0 aliphatic rings. The fraction of sp³-hybridized carbons (Fsp3) is 0.111. The van der Waals surface area contributed by atoms with Gasteiger partial charge in [0.1, 0.15) is 0 Å². The van der Waals surface area contributed by atoms with Gasteiger partial charge < -0.3 is 5.73 Å². The van der Waals surface area contributed by atoms with Crippen LogP contribution in [0.5, 0.6) is 0 Å². The Kier molecular flexibility index (Phi) is 2.17. The highest BCUT2D eigenvalue weighted by molar-refractivity contribution is 5.46. The van der Waals surface area contributed by atoms with Gasteiger partial charge in [0, 0.05) is 5.69 Å². The van der Waals surface area contributed by atoms with E-state index in [0.717, 1.165) is 10.1 Å². The summed E-state index contributed by atoms with van der Waals surface area (Å²) in [6.07, 6.45) is 0. The van der Waals surface area contributed by atoms with Crippen molar-refractivity contribution in [2.24, 2.45) is 0 Å². The van der Waals surface area contributed by atoms with Gasteiger partial charge in [-0.15, -0.1) is 0 Å². The molecular weight excluding hydrogens is 196 g/mol. The summed E-state index contributed by atoms with van der Waals surface area (Å²) in [7, 11) is 0. The fourth-order valence-electron chi connectivity index (χ4n) is 1.33. The van der Waals surface area contributed by atoms with E-state index in [2.05, 4.69) is 10.2 Å². The van der Waals surface area contributed by atoms with Crippen LogP contribution >= 0.6 is 0 Å². The molecule has 6 heteroatoms. The van der Waals surface area contributed by atoms with Crippen LogP contribution < -0.4 is 17.1 Å².